The van der Waals surface area contributed by atoms with Crippen LogP contribution in [0, 0.1) is 11.3 Å². The molecule has 0 unspecified atom stereocenters. The van der Waals surface area contributed by atoms with Crippen molar-refractivity contribution in [3.8, 4) is 6.01 Å². The van der Waals surface area contributed by atoms with Gasteiger partial charge in [0.2, 0.25) is 5.65 Å². The Hall–Kier alpha value is -2.81. The maximum Gasteiger partial charge on any atom is 0.320 e. The molecular weight excluding hydrogens is 430 g/mol. The lowest BCUT2D eigenvalue weighted by atomic mass is 9.99. The maximum absolute atomic E-state index is 11.6. The highest BCUT2D eigenvalue weighted by Crippen LogP contribution is 2.30. The summed E-state index contributed by atoms with van der Waals surface area (Å²) in [4.78, 5) is 28.8. The average Bonchev–Trinajstić information content (AvgIpc) is 3.33. The molecule has 4 rings (SSSR count). The standard InChI is InChI=1S/C22H28ClN7O2/c1-14(31)10-15-7-9-29(11-15)20-18-19(25-21(26-20)32-13-22(2,3)4)28-30(27-18)12-17-16(23)6-5-8-24-17/h5-6,8,15H,7,9-13H2,1-4H3/t15-/m1/s1. The molecule has 0 aromatic carbocycles. The number of carbonyl (C=O) groups excluding carboxylic acids is 1. The van der Waals surface area contributed by atoms with E-state index >= 15 is 0 Å². The Labute approximate surface area is 192 Å². The monoisotopic (exact) mass is 457 g/mol. The lowest BCUT2D eigenvalue weighted by Crippen LogP contribution is -2.23. The summed E-state index contributed by atoms with van der Waals surface area (Å²) in [7, 11) is 0. The van der Waals surface area contributed by atoms with Gasteiger partial charge in [-0.2, -0.15) is 14.8 Å². The Balaban J connectivity index is 1.68. The molecular formula is C22H28ClN7O2. The van der Waals surface area contributed by atoms with Gasteiger partial charge in [-0.25, -0.2) is 0 Å². The van der Waals surface area contributed by atoms with Crippen molar-refractivity contribution in [3.63, 3.8) is 0 Å². The molecule has 32 heavy (non-hydrogen) atoms. The molecule has 170 valence electrons. The predicted octanol–water partition coefficient (Wildman–Crippen LogP) is 3.55. The molecule has 1 atom stereocenters. The van der Waals surface area contributed by atoms with Gasteiger partial charge < -0.3 is 14.4 Å². The number of halogens is 1. The minimum absolute atomic E-state index is 0.0357. The van der Waals surface area contributed by atoms with E-state index in [-0.39, 0.29) is 17.2 Å². The fourth-order valence-electron chi connectivity index (χ4n) is 3.72. The topological polar surface area (TPSA) is 98.9 Å². The summed E-state index contributed by atoms with van der Waals surface area (Å²) >= 11 is 6.26. The number of pyridine rings is 1. The molecule has 3 aromatic heterocycles. The molecule has 4 heterocycles. The number of hydrogen-bond acceptors (Lipinski definition) is 8. The van der Waals surface area contributed by atoms with Gasteiger partial charge in [-0.3, -0.25) is 4.98 Å². The normalized spacial score (nSPS) is 16.7. The van der Waals surface area contributed by atoms with Gasteiger partial charge >= 0.3 is 6.01 Å². The summed E-state index contributed by atoms with van der Waals surface area (Å²) in [5.74, 6) is 1.19. The van der Waals surface area contributed by atoms with Gasteiger partial charge in [0.05, 0.1) is 17.3 Å². The van der Waals surface area contributed by atoms with Crippen LogP contribution in [-0.2, 0) is 11.3 Å². The van der Waals surface area contributed by atoms with Crippen molar-refractivity contribution in [3.05, 3.63) is 29.0 Å². The van der Waals surface area contributed by atoms with Crippen molar-refractivity contribution < 1.29 is 9.53 Å². The molecule has 0 bridgehead atoms. The van der Waals surface area contributed by atoms with E-state index in [2.05, 4.69) is 50.8 Å². The Kier molecular flexibility index (Phi) is 6.28. The van der Waals surface area contributed by atoms with Crippen LogP contribution in [0.2, 0.25) is 5.02 Å². The van der Waals surface area contributed by atoms with Gasteiger partial charge in [0.15, 0.2) is 11.3 Å². The first-order valence-electron chi connectivity index (χ1n) is 10.8. The minimum Gasteiger partial charge on any atom is -0.463 e. The zero-order valence-corrected chi connectivity index (χ0v) is 19.6. The molecule has 0 N–H and O–H groups in total. The van der Waals surface area contributed by atoms with Crippen molar-refractivity contribution in [2.45, 2.75) is 47.1 Å². The minimum atomic E-state index is -0.0357. The lowest BCUT2D eigenvalue weighted by molar-refractivity contribution is -0.117. The maximum atomic E-state index is 11.6. The predicted molar refractivity (Wildman–Crippen MR) is 122 cm³/mol. The number of carbonyl (C=O) groups is 1. The quantitative estimate of drug-likeness (QED) is 0.531. The molecule has 0 radical (unpaired) electrons. The first-order chi connectivity index (χ1) is 15.2. The van der Waals surface area contributed by atoms with Crippen LogP contribution in [0.25, 0.3) is 11.2 Å². The van der Waals surface area contributed by atoms with Crippen LogP contribution < -0.4 is 9.64 Å². The van der Waals surface area contributed by atoms with Crippen LogP contribution in [0.15, 0.2) is 18.3 Å². The van der Waals surface area contributed by atoms with E-state index in [0.29, 0.717) is 53.2 Å². The Morgan fingerprint density at radius 3 is 2.81 bits per heavy atom. The highest BCUT2D eigenvalue weighted by atomic mass is 35.5. The Morgan fingerprint density at radius 1 is 1.28 bits per heavy atom. The van der Waals surface area contributed by atoms with Gasteiger partial charge in [0.25, 0.3) is 0 Å². The molecule has 9 nitrogen and oxygen atoms in total. The van der Waals surface area contributed by atoms with E-state index in [1.54, 1.807) is 25.3 Å². The lowest BCUT2D eigenvalue weighted by Gasteiger charge is -2.20. The van der Waals surface area contributed by atoms with E-state index in [1.807, 2.05) is 0 Å². The molecule has 10 heteroatoms. The molecule has 0 aliphatic carbocycles. The third-order valence-corrected chi connectivity index (χ3v) is 5.52. The van der Waals surface area contributed by atoms with Crippen LogP contribution >= 0.6 is 11.6 Å². The molecule has 1 aliphatic rings. The summed E-state index contributed by atoms with van der Waals surface area (Å²) in [5.41, 5.74) is 1.70. The largest absolute Gasteiger partial charge is 0.463 e. The van der Waals surface area contributed by atoms with Crippen LogP contribution in [0.4, 0.5) is 5.82 Å². The number of ketones is 1. The van der Waals surface area contributed by atoms with Gasteiger partial charge in [-0.05, 0) is 36.8 Å². The first kappa shape index (κ1) is 22.4. The van der Waals surface area contributed by atoms with Crippen molar-refractivity contribution in [2.24, 2.45) is 11.3 Å². The third-order valence-electron chi connectivity index (χ3n) is 5.17. The fraction of sp³-hybridized carbons (Fsp3) is 0.545. The molecule has 1 aliphatic heterocycles. The van der Waals surface area contributed by atoms with Crippen LogP contribution in [-0.4, -0.2) is 55.4 Å². The van der Waals surface area contributed by atoms with Gasteiger partial charge in [-0.1, -0.05) is 32.4 Å². The van der Waals surface area contributed by atoms with E-state index in [0.717, 1.165) is 19.5 Å². The molecule has 1 saturated heterocycles. The fourth-order valence-corrected chi connectivity index (χ4v) is 3.90. The SMILES string of the molecule is CC(=O)C[C@H]1CCN(c2nc(OCC(C)(C)C)nc3nn(Cc4ncccc4Cl)nc23)C1. The van der Waals surface area contributed by atoms with Crippen LogP contribution in [0.1, 0.15) is 46.2 Å². The van der Waals surface area contributed by atoms with E-state index < -0.39 is 0 Å². The average molecular weight is 458 g/mol. The van der Waals surface area contributed by atoms with Gasteiger partial charge in [-0.15, -0.1) is 10.2 Å². The summed E-state index contributed by atoms with van der Waals surface area (Å²) in [5, 5.41) is 9.75. The summed E-state index contributed by atoms with van der Waals surface area (Å²) < 4.78 is 5.90. The van der Waals surface area contributed by atoms with Crippen LogP contribution in [0.5, 0.6) is 6.01 Å². The summed E-state index contributed by atoms with van der Waals surface area (Å²) in [6.45, 7) is 10.2. The number of anilines is 1. The van der Waals surface area contributed by atoms with Crippen molar-refractivity contribution in [1.29, 1.82) is 0 Å². The molecule has 0 spiro atoms. The first-order valence-corrected chi connectivity index (χ1v) is 11.2. The molecule has 3 aromatic rings. The van der Waals surface area contributed by atoms with Crippen molar-refractivity contribution in [2.75, 3.05) is 24.6 Å². The second kappa shape index (κ2) is 8.97. The number of fused-ring (bicyclic) bond motifs is 1. The number of hydrogen-bond donors (Lipinski definition) is 0. The van der Waals surface area contributed by atoms with Crippen molar-refractivity contribution >= 4 is 34.4 Å². The molecule has 0 saturated carbocycles. The van der Waals surface area contributed by atoms with Crippen molar-refractivity contribution in [1.82, 2.24) is 29.9 Å². The Bertz CT molecular complexity index is 1130. The molecule has 0 amide bonds. The number of aromatic nitrogens is 6. The smallest absolute Gasteiger partial charge is 0.320 e. The third kappa shape index (κ3) is 5.32. The molecule has 1 fully saturated rings. The summed E-state index contributed by atoms with van der Waals surface area (Å²) in [6, 6.07) is 3.85. The van der Waals surface area contributed by atoms with E-state index in [9.17, 15) is 4.79 Å². The number of Topliss-reactive ketones (excluding diaryl/α,β-unsaturated/α-hetero) is 1. The zero-order chi connectivity index (χ0) is 22.9. The zero-order valence-electron chi connectivity index (χ0n) is 18.9. The van der Waals surface area contributed by atoms with E-state index in [4.69, 9.17) is 16.3 Å². The second-order valence-electron chi connectivity index (χ2n) is 9.52. The number of rotatable bonds is 7. The second-order valence-corrected chi connectivity index (χ2v) is 9.93. The van der Waals surface area contributed by atoms with Gasteiger partial charge in [0.1, 0.15) is 12.3 Å². The van der Waals surface area contributed by atoms with Crippen LogP contribution in [0.3, 0.4) is 0 Å². The number of ether oxygens (including phenoxy) is 1. The highest BCUT2D eigenvalue weighted by molar-refractivity contribution is 6.31. The highest BCUT2D eigenvalue weighted by Gasteiger charge is 2.28. The Morgan fingerprint density at radius 2 is 2.09 bits per heavy atom. The van der Waals surface area contributed by atoms with E-state index in [1.165, 1.54) is 4.80 Å². The summed E-state index contributed by atoms with van der Waals surface area (Å²) in [6.07, 6.45) is 3.19. The number of nitrogens with zero attached hydrogens (tertiary/aromatic N) is 7. The van der Waals surface area contributed by atoms with Gasteiger partial charge in [0, 0.05) is 25.7 Å².